The summed E-state index contributed by atoms with van der Waals surface area (Å²) >= 11 is 0. The van der Waals surface area contributed by atoms with Crippen LogP contribution in [0.25, 0.3) is 0 Å². The minimum absolute atomic E-state index is 0.135. The summed E-state index contributed by atoms with van der Waals surface area (Å²) in [6.45, 7) is 12.1. The Labute approximate surface area is 433 Å². The van der Waals surface area contributed by atoms with E-state index in [2.05, 4.69) is 14.7 Å². The Morgan fingerprint density at radius 3 is 1.10 bits per heavy atom. The second-order valence-corrected chi connectivity index (χ2v) is 20.0. The van der Waals surface area contributed by atoms with E-state index in [4.69, 9.17) is 14.2 Å². The van der Waals surface area contributed by atoms with Gasteiger partial charge in [-0.25, -0.2) is 17.6 Å². The molecule has 0 spiro atoms. The van der Waals surface area contributed by atoms with Crippen molar-refractivity contribution in [3.05, 3.63) is 198 Å². The van der Waals surface area contributed by atoms with Crippen molar-refractivity contribution in [2.24, 2.45) is 17.8 Å². The molecule has 0 amide bonds. The van der Waals surface area contributed by atoms with Gasteiger partial charge in [0.1, 0.15) is 28.9 Å². The summed E-state index contributed by atoms with van der Waals surface area (Å²) < 4.78 is 69.7. The molecule has 0 atom stereocenters. The van der Waals surface area contributed by atoms with E-state index in [1.807, 2.05) is 109 Å². The van der Waals surface area contributed by atoms with Gasteiger partial charge in [-0.1, -0.05) is 84.9 Å². The summed E-state index contributed by atoms with van der Waals surface area (Å²) in [7, 11) is 0. The molecule has 73 heavy (non-hydrogen) atoms. The molecule has 6 aromatic rings. The third-order valence-corrected chi connectivity index (χ3v) is 14.7. The van der Waals surface area contributed by atoms with E-state index in [-0.39, 0.29) is 11.6 Å². The van der Waals surface area contributed by atoms with Gasteiger partial charge in [0.2, 0.25) is 0 Å². The average molecular weight is 1000 g/mol. The van der Waals surface area contributed by atoms with Gasteiger partial charge in [-0.2, -0.15) is 0 Å². The van der Waals surface area contributed by atoms with E-state index >= 15 is 0 Å². The lowest BCUT2D eigenvalue weighted by atomic mass is 9.93. The number of hydrogen-bond donors (Lipinski definition) is 0. The molecule has 0 aliphatic carbocycles. The van der Waals surface area contributed by atoms with Crippen LogP contribution >= 0.6 is 0 Å². The molecule has 9 rings (SSSR count). The maximum atomic E-state index is 13.2. The first-order chi connectivity index (χ1) is 35.8. The quantitative estimate of drug-likeness (QED) is 0.0669. The molecule has 3 heterocycles. The first-order valence-electron chi connectivity index (χ1n) is 26.9. The van der Waals surface area contributed by atoms with Crippen LogP contribution in [0.2, 0.25) is 0 Å². The van der Waals surface area contributed by atoms with Crippen molar-refractivity contribution in [2.45, 2.75) is 77.0 Å². The van der Waals surface area contributed by atoms with E-state index in [9.17, 15) is 17.6 Å². The molecule has 3 aliphatic rings. The number of halogens is 4. The average Bonchev–Trinajstić information content (AvgIpc) is 3.43. The van der Waals surface area contributed by atoms with Crippen LogP contribution < -0.4 is 14.2 Å². The Hall–Kier alpha value is -5.68. The zero-order valence-corrected chi connectivity index (χ0v) is 42.8. The van der Waals surface area contributed by atoms with Crippen LogP contribution in [-0.4, -0.2) is 93.4 Å². The maximum Gasteiger partial charge on any atom is 0.159 e. The number of rotatable bonds is 21. The summed E-state index contributed by atoms with van der Waals surface area (Å²) in [5, 5.41) is 0. The number of benzene rings is 6. The van der Waals surface area contributed by atoms with Gasteiger partial charge in [0.15, 0.2) is 11.6 Å². The number of piperidine rings is 3. The van der Waals surface area contributed by atoms with Gasteiger partial charge in [-0.3, -0.25) is 0 Å². The minimum Gasteiger partial charge on any atom is -0.494 e. The summed E-state index contributed by atoms with van der Waals surface area (Å²) in [5.41, 5.74) is 3.17. The molecule has 3 fully saturated rings. The molecule has 10 heteroatoms. The van der Waals surface area contributed by atoms with Gasteiger partial charge in [0.05, 0.1) is 19.8 Å². The normalized spacial score (nSPS) is 16.2. The van der Waals surface area contributed by atoms with Crippen LogP contribution in [-0.2, 0) is 19.3 Å². The SMILES string of the molecule is Fc1ccc(CCN2CCC(CCOc3ccccc3)CC2)cc1.Fc1ccc(CCN2CCC(CCOc3ccccc3)CC2)cc1F.Fc1cccc(CCN2CCC(CCOc3ccccc3)CC2)c1. The fourth-order valence-corrected chi connectivity index (χ4v) is 9.98. The van der Waals surface area contributed by atoms with Crippen molar-refractivity contribution in [2.75, 3.05) is 78.7 Å². The first-order valence-corrected chi connectivity index (χ1v) is 26.9. The van der Waals surface area contributed by atoms with Gasteiger partial charge in [0, 0.05) is 19.6 Å². The van der Waals surface area contributed by atoms with Crippen LogP contribution in [0.15, 0.2) is 158 Å². The predicted molar refractivity (Wildman–Crippen MR) is 287 cm³/mol. The van der Waals surface area contributed by atoms with Crippen molar-refractivity contribution in [1.82, 2.24) is 14.7 Å². The molecule has 390 valence electrons. The Bertz CT molecular complexity index is 2390. The van der Waals surface area contributed by atoms with Crippen molar-refractivity contribution in [3.63, 3.8) is 0 Å². The van der Waals surface area contributed by atoms with Crippen LogP contribution in [0.5, 0.6) is 17.2 Å². The first kappa shape index (κ1) is 55.1. The summed E-state index contributed by atoms with van der Waals surface area (Å²) in [6.07, 6.45) is 13.4. The van der Waals surface area contributed by atoms with Gasteiger partial charge < -0.3 is 28.9 Å². The third kappa shape index (κ3) is 21.0. The highest BCUT2D eigenvalue weighted by Crippen LogP contribution is 2.25. The summed E-state index contributed by atoms with van der Waals surface area (Å²) in [4.78, 5) is 7.44. The Kier molecular flexibility index (Phi) is 23.5. The highest BCUT2D eigenvalue weighted by molar-refractivity contribution is 5.23. The zero-order valence-electron chi connectivity index (χ0n) is 42.8. The summed E-state index contributed by atoms with van der Waals surface area (Å²) in [5.74, 6) is 3.29. The van der Waals surface area contributed by atoms with Crippen LogP contribution in [0.3, 0.4) is 0 Å². The molecule has 0 radical (unpaired) electrons. The highest BCUT2D eigenvalue weighted by Gasteiger charge is 2.21. The fraction of sp³-hybridized carbons (Fsp3) is 0.429. The monoisotopic (exact) mass is 1000 g/mol. The number of ether oxygens (including phenoxy) is 3. The smallest absolute Gasteiger partial charge is 0.159 e. The summed E-state index contributed by atoms with van der Waals surface area (Å²) in [6, 6.07) is 48.1. The van der Waals surface area contributed by atoms with Gasteiger partial charge in [-0.15, -0.1) is 0 Å². The maximum absolute atomic E-state index is 13.2. The molecule has 3 saturated heterocycles. The Morgan fingerprint density at radius 1 is 0.342 bits per heavy atom. The standard InChI is InChI=1S/C21H25F2NO.2C21H26FNO/c22-20-7-6-18(16-21(20)23)10-14-24-12-8-17(9-13-24)11-15-25-19-4-2-1-3-5-19;22-20-6-4-5-19(17-20)11-15-23-13-9-18(10-14-23)12-16-24-21-7-2-1-3-8-21;22-20-8-6-18(7-9-20)10-14-23-15-11-19(12-16-23)13-17-24-21-4-2-1-3-5-21/h1-7,16-17H,8-15H2;1-8,17-18H,9-16H2;1-9,19H,10-17H2. The Balaban J connectivity index is 0.000000160. The van der Waals surface area contributed by atoms with E-state index in [1.54, 1.807) is 30.3 Å². The fourth-order valence-electron chi connectivity index (χ4n) is 9.98. The zero-order chi connectivity index (χ0) is 50.7. The molecule has 0 saturated carbocycles. The van der Waals surface area contributed by atoms with Crippen molar-refractivity contribution in [3.8, 4) is 17.2 Å². The number of para-hydroxylation sites is 3. The topological polar surface area (TPSA) is 37.4 Å². The molecular formula is C63H77F4N3O3. The van der Waals surface area contributed by atoms with Crippen molar-refractivity contribution in [1.29, 1.82) is 0 Å². The van der Waals surface area contributed by atoms with E-state index in [0.29, 0.717) is 5.92 Å². The minimum atomic E-state index is -0.776. The van der Waals surface area contributed by atoms with Crippen LogP contribution in [0, 0.1) is 41.0 Å². The van der Waals surface area contributed by atoms with Crippen molar-refractivity contribution < 1.29 is 31.8 Å². The Morgan fingerprint density at radius 2 is 0.712 bits per heavy atom. The second-order valence-electron chi connectivity index (χ2n) is 20.0. The number of hydrogen-bond acceptors (Lipinski definition) is 6. The number of nitrogens with zero attached hydrogens (tertiary/aromatic N) is 3. The molecule has 0 bridgehead atoms. The van der Waals surface area contributed by atoms with Crippen molar-refractivity contribution >= 4 is 0 Å². The largest absolute Gasteiger partial charge is 0.494 e. The molecular weight excluding hydrogens is 923 g/mol. The number of likely N-dealkylation sites (tertiary alicyclic amines) is 3. The van der Waals surface area contributed by atoms with E-state index in [1.165, 1.54) is 62.3 Å². The second kappa shape index (κ2) is 31.1. The van der Waals surface area contributed by atoms with E-state index in [0.717, 1.165) is 157 Å². The molecule has 3 aliphatic heterocycles. The van der Waals surface area contributed by atoms with Gasteiger partial charge in [0.25, 0.3) is 0 Å². The third-order valence-electron chi connectivity index (χ3n) is 14.7. The molecule has 0 aromatic heterocycles. The van der Waals surface area contributed by atoms with Gasteiger partial charge in [-0.05, 0) is 224 Å². The molecule has 0 unspecified atom stereocenters. The van der Waals surface area contributed by atoms with Crippen LogP contribution in [0.1, 0.15) is 74.5 Å². The molecule has 0 N–H and O–H groups in total. The van der Waals surface area contributed by atoms with Crippen LogP contribution in [0.4, 0.5) is 17.6 Å². The molecule has 6 nitrogen and oxygen atoms in total. The predicted octanol–water partition coefficient (Wildman–Crippen LogP) is 13.8. The highest BCUT2D eigenvalue weighted by atomic mass is 19.2. The van der Waals surface area contributed by atoms with Gasteiger partial charge >= 0.3 is 0 Å². The lowest BCUT2D eigenvalue weighted by Crippen LogP contribution is -2.35. The lowest BCUT2D eigenvalue weighted by molar-refractivity contribution is 0.164. The molecule has 6 aromatic carbocycles. The van der Waals surface area contributed by atoms with E-state index < -0.39 is 11.6 Å². The lowest BCUT2D eigenvalue weighted by Gasteiger charge is -2.32.